The molecule has 4 rings (SSSR count). The van der Waals surface area contributed by atoms with Crippen molar-refractivity contribution in [1.82, 2.24) is 10.2 Å². The van der Waals surface area contributed by atoms with Crippen molar-refractivity contribution in [3.63, 3.8) is 0 Å². The first-order valence-electron chi connectivity index (χ1n) is 27.7. The number of aldehydes is 1. The Morgan fingerprint density at radius 3 is 1.28 bits per heavy atom. The van der Waals surface area contributed by atoms with Crippen LogP contribution in [0.4, 0.5) is 0 Å². The number of rotatable bonds is 31. The Morgan fingerprint density at radius 2 is 0.943 bits per heavy atom. The predicted molar refractivity (Wildman–Crippen MR) is 327 cm³/mol. The van der Waals surface area contributed by atoms with Crippen LogP contribution in [0.3, 0.4) is 0 Å². The summed E-state index contributed by atoms with van der Waals surface area (Å²) in [7, 11) is 17.1. The van der Waals surface area contributed by atoms with Crippen molar-refractivity contribution in [2.75, 3.05) is 117 Å². The second-order valence-corrected chi connectivity index (χ2v) is 19.6. The van der Waals surface area contributed by atoms with E-state index in [-0.39, 0.29) is 49.8 Å². The molecule has 87 heavy (non-hydrogen) atoms. The molecule has 4 aromatic rings. The van der Waals surface area contributed by atoms with Crippen molar-refractivity contribution in [2.24, 2.45) is 11.8 Å². The third-order valence-corrected chi connectivity index (χ3v) is 13.2. The summed E-state index contributed by atoms with van der Waals surface area (Å²) >= 11 is 0. The zero-order valence-corrected chi connectivity index (χ0v) is 56.7. The topological polar surface area (TPSA) is 265 Å². The molecule has 0 aliphatic carbocycles. The molecule has 0 aromatic heterocycles. The number of carbonyl (C=O) groups excluding carboxylic acids is 4. The first kappa shape index (κ1) is 84.5. The molecule has 2 atom stereocenters. The Hall–Kier alpha value is -6.76. The predicted octanol–water partition coefficient (Wildman–Crippen LogP) is 5.10. The number of nitriles is 2. The standard InChI is InChI=1S/C29H42N2O5.C16H21NO3.C13H21NO3.C4H6O4.C2H4O2.B.Na/c1-22(2)29(21-30,24-10-12-25(33-5)28(20-24)35-7)14-8-15-31(3)16-13-23-9-11-26(27(19-23)34-6)36-18-17-32-4;1-12(2)16(11-17,8-5-9-18)13-6-7-14(19-3)15(10-13)20-4;1-14-7-6-11-4-5-12(13(10-11)16-3)17-9-8-15-2;1-3(5)7-8-4(2)6;1-2(3)4;;/h9-12,19-20,22H,8,13-18H2,1-7H3;6-7,9-10,12H,5,8H2,1-4H3;4-5,10,14H,6-9H2,1-3H3;1-2H3;1H3,(H,3,4);;/q;;;;;;+1/p-1. The summed E-state index contributed by atoms with van der Waals surface area (Å²) in [5.41, 5.74) is 2.97. The summed E-state index contributed by atoms with van der Waals surface area (Å²) in [6.07, 6.45) is 5.27. The van der Waals surface area contributed by atoms with Crippen LogP contribution in [0.5, 0.6) is 46.0 Å². The molecule has 0 aliphatic rings. The van der Waals surface area contributed by atoms with E-state index >= 15 is 0 Å². The Morgan fingerprint density at radius 1 is 0.575 bits per heavy atom. The largest absolute Gasteiger partial charge is 1.00 e. The van der Waals surface area contributed by atoms with E-state index < -0.39 is 28.7 Å². The SMILES string of the molecule is CC(=O)OOC(C)=O.CC(=O)[O-].CNCCc1ccc(OCCOC)c(OC)c1.COCCOc1ccc(CCN(C)CCCC(C#N)(c2ccc(OC)c(OC)c2)C(C)C)cc1OC.COc1ccc(C(C#N)(CCC=O)C(C)C)cc1OC.[B].[Na+]. The number of hydrogen-bond donors (Lipinski definition) is 1. The Labute approximate surface area is 541 Å². The fraction of sp³-hybridized carbons (Fsp3) is 0.531. The van der Waals surface area contributed by atoms with Crippen molar-refractivity contribution < 1.29 is 111 Å². The molecule has 475 valence electrons. The van der Waals surface area contributed by atoms with Gasteiger partial charge >= 0.3 is 41.5 Å². The molecular weight excluding hydrogens is 1130 g/mol. The fourth-order valence-electron chi connectivity index (χ4n) is 8.44. The van der Waals surface area contributed by atoms with Gasteiger partial charge in [0.15, 0.2) is 46.0 Å². The molecule has 21 nitrogen and oxygen atoms in total. The minimum Gasteiger partial charge on any atom is -0.550 e. The van der Waals surface area contributed by atoms with Gasteiger partial charge in [0, 0.05) is 55.4 Å². The number of benzene rings is 4. The number of aliphatic carboxylic acids is 1. The average Bonchev–Trinajstić information content (AvgIpc) is 1.16. The van der Waals surface area contributed by atoms with Gasteiger partial charge in [0.25, 0.3) is 0 Å². The number of nitrogens with zero attached hydrogens (tertiary/aromatic N) is 3. The molecule has 0 aliphatic heterocycles. The number of methoxy groups -OCH3 is 8. The van der Waals surface area contributed by atoms with E-state index in [0.29, 0.717) is 62.3 Å². The van der Waals surface area contributed by atoms with Crippen LogP contribution >= 0.6 is 0 Å². The van der Waals surface area contributed by atoms with Gasteiger partial charge in [-0.25, -0.2) is 19.4 Å². The van der Waals surface area contributed by atoms with Crippen molar-refractivity contribution in [3.8, 4) is 58.1 Å². The van der Waals surface area contributed by atoms with Crippen molar-refractivity contribution in [3.05, 3.63) is 95.1 Å². The number of carboxylic acids is 1. The van der Waals surface area contributed by atoms with Crippen LogP contribution in [0.1, 0.15) is 96.4 Å². The van der Waals surface area contributed by atoms with Gasteiger partial charge in [0.05, 0.1) is 78.8 Å². The number of nitrogens with one attached hydrogen (secondary N) is 1. The molecule has 0 saturated heterocycles. The molecule has 2 unspecified atom stereocenters. The van der Waals surface area contributed by atoms with Gasteiger partial charge in [0.1, 0.15) is 19.5 Å². The molecule has 23 heteroatoms. The first-order valence-corrected chi connectivity index (χ1v) is 27.7. The summed E-state index contributed by atoms with van der Waals surface area (Å²) in [6.45, 7) is 16.3. The van der Waals surface area contributed by atoms with Crippen LogP contribution in [0.25, 0.3) is 0 Å². The van der Waals surface area contributed by atoms with Gasteiger partial charge in [-0.3, -0.25) is 0 Å². The van der Waals surface area contributed by atoms with Crippen LogP contribution in [0, 0.1) is 34.5 Å². The van der Waals surface area contributed by atoms with E-state index in [1.807, 2.05) is 75.5 Å². The number of carboxylic acid groups (broad SMARTS) is 1. The maximum atomic E-state index is 10.7. The van der Waals surface area contributed by atoms with Crippen LogP contribution in [-0.2, 0) is 62.1 Å². The molecule has 0 fully saturated rings. The van der Waals surface area contributed by atoms with E-state index in [9.17, 15) is 24.9 Å². The van der Waals surface area contributed by atoms with E-state index in [4.69, 9.17) is 57.3 Å². The second kappa shape index (κ2) is 48.3. The minimum atomic E-state index is -1.08. The van der Waals surface area contributed by atoms with Gasteiger partial charge < -0.3 is 72.3 Å². The van der Waals surface area contributed by atoms with Gasteiger partial charge in [0.2, 0.25) is 0 Å². The number of hydrogen-bond acceptors (Lipinski definition) is 21. The van der Waals surface area contributed by atoms with Gasteiger partial charge in [-0.15, -0.1) is 0 Å². The van der Waals surface area contributed by atoms with Crippen molar-refractivity contribution in [1.29, 1.82) is 10.5 Å². The zero-order chi connectivity index (χ0) is 64.4. The molecule has 0 saturated carbocycles. The number of carbonyl (C=O) groups is 4. The van der Waals surface area contributed by atoms with Crippen molar-refractivity contribution in [2.45, 2.75) is 97.8 Å². The Bertz CT molecular complexity index is 2650. The molecule has 3 radical (unpaired) electrons. The second-order valence-electron chi connectivity index (χ2n) is 19.6. The zero-order valence-electron chi connectivity index (χ0n) is 54.7. The summed E-state index contributed by atoms with van der Waals surface area (Å²) in [5, 5.41) is 32.0. The summed E-state index contributed by atoms with van der Waals surface area (Å²) in [5.74, 6) is 3.42. The molecular formula is C64H93BN4NaO17. The third kappa shape index (κ3) is 31.1. The smallest absolute Gasteiger partial charge is 0.550 e. The first-order chi connectivity index (χ1) is 40.6. The Kier molecular flexibility index (Phi) is 46.9. The van der Waals surface area contributed by atoms with Crippen molar-refractivity contribution >= 4 is 32.6 Å². The average molecular weight is 1220 g/mol. The van der Waals surface area contributed by atoms with Crippen LogP contribution in [-0.4, -0.2) is 155 Å². The molecule has 0 spiro atoms. The maximum Gasteiger partial charge on any atom is 1.00 e. The Balaban J connectivity index is -0.00000117. The maximum absolute atomic E-state index is 10.7. The molecule has 0 heterocycles. The normalized spacial score (nSPS) is 11.4. The number of ether oxygens (including phenoxy) is 10. The number of likely N-dealkylation sites (N-methyl/N-ethyl adjacent to an activating group) is 2. The third-order valence-electron chi connectivity index (χ3n) is 13.2. The summed E-state index contributed by atoms with van der Waals surface area (Å²) in [4.78, 5) is 49.2. The molecule has 0 bridgehead atoms. The van der Waals surface area contributed by atoms with Gasteiger partial charge in [-0.05, 0) is 149 Å². The van der Waals surface area contributed by atoms with Gasteiger partial charge in [-0.2, -0.15) is 10.5 Å². The van der Waals surface area contributed by atoms with E-state index in [0.717, 1.165) is 106 Å². The van der Waals surface area contributed by atoms with Crippen LogP contribution in [0.15, 0.2) is 72.8 Å². The minimum absolute atomic E-state index is 0. The quantitative estimate of drug-likeness (QED) is 0.0226. The molecule has 1 N–H and O–H groups in total. The molecule has 0 amide bonds. The molecule has 4 aromatic carbocycles. The summed E-state index contributed by atoms with van der Waals surface area (Å²) in [6, 6.07) is 28.4. The van der Waals surface area contributed by atoms with E-state index in [1.165, 1.54) is 11.1 Å². The summed E-state index contributed by atoms with van der Waals surface area (Å²) < 4.78 is 53.5. The van der Waals surface area contributed by atoms with E-state index in [1.54, 1.807) is 62.9 Å². The monoisotopic (exact) mass is 1220 g/mol. The van der Waals surface area contributed by atoms with Gasteiger partial charge in [-0.1, -0.05) is 52.0 Å². The van der Waals surface area contributed by atoms with Crippen LogP contribution in [0.2, 0.25) is 0 Å². The van der Waals surface area contributed by atoms with Crippen LogP contribution < -0.4 is 77.9 Å². The fourth-order valence-corrected chi connectivity index (χ4v) is 8.44. The van der Waals surface area contributed by atoms with E-state index in [2.05, 4.69) is 65.2 Å².